The summed E-state index contributed by atoms with van der Waals surface area (Å²) in [6.45, 7) is 1.93. The first-order chi connectivity index (χ1) is 11.1. The van der Waals surface area contributed by atoms with Gasteiger partial charge in [0.05, 0.1) is 11.0 Å². The molecule has 1 aromatic heterocycles. The first kappa shape index (κ1) is 13.9. The second-order valence-electron chi connectivity index (χ2n) is 6.24. The normalized spacial score (nSPS) is 24.7. The molecule has 1 aliphatic heterocycles. The maximum atomic E-state index is 11.2. The predicted molar refractivity (Wildman–Crippen MR) is 88.4 cm³/mol. The number of nitrogens with zero attached hydrogens (tertiary/aromatic N) is 2. The van der Waals surface area contributed by atoms with Crippen molar-refractivity contribution in [3.05, 3.63) is 75.6 Å². The highest BCUT2D eigenvalue weighted by Gasteiger charge is 2.39. The molecule has 1 aromatic carbocycles. The minimum absolute atomic E-state index is 0.171. The maximum absolute atomic E-state index is 11.2. The average molecular weight is 307 g/mol. The summed E-state index contributed by atoms with van der Waals surface area (Å²) in [5.74, 6) is 0.606. The third kappa shape index (κ3) is 2.20. The molecule has 0 bridgehead atoms. The molecule has 4 rings (SSSR count). The van der Waals surface area contributed by atoms with Crippen LogP contribution in [0, 0.1) is 23.0 Å². The molecule has 0 saturated heterocycles. The quantitative estimate of drug-likeness (QED) is 0.514. The van der Waals surface area contributed by atoms with Crippen LogP contribution >= 0.6 is 0 Å². The van der Waals surface area contributed by atoms with Gasteiger partial charge in [-0.15, -0.1) is 0 Å². The lowest BCUT2D eigenvalue weighted by atomic mass is 9.76. The number of hydrogen-bond acceptors (Lipinski definition) is 4. The molecule has 23 heavy (non-hydrogen) atoms. The molecule has 5 heteroatoms. The van der Waals surface area contributed by atoms with Gasteiger partial charge in [-0.05, 0) is 48.1 Å². The lowest BCUT2D eigenvalue weighted by molar-refractivity contribution is -0.385. The van der Waals surface area contributed by atoms with E-state index < -0.39 is 0 Å². The monoisotopic (exact) mass is 307 g/mol. The van der Waals surface area contributed by atoms with E-state index in [1.54, 1.807) is 12.1 Å². The summed E-state index contributed by atoms with van der Waals surface area (Å²) in [7, 11) is 0. The summed E-state index contributed by atoms with van der Waals surface area (Å²) >= 11 is 0. The van der Waals surface area contributed by atoms with E-state index in [1.807, 2.05) is 31.5 Å². The van der Waals surface area contributed by atoms with Gasteiger partial charge in [0.2, 0.25) is 0 Å². The number of nitro groups is 1. The fourth-order valence-corrected chi connectivity index (χ4v) is 3.87. The Labute approximate surface area is 134 Å². The fourth-order valence-electron chi connectivity index (χ4n) is 3.87. The van der Waals surface area contributed by atoms with Crippen LogP contribution in [0.5, 0.6) is 0 Å². The van der Waals surface area contributed by atoms with E-state index in [1.165, 1.54) is 5.56 Å². The SMILES string of the molecule is Cc1cc([N+](=O)[O-])cc2c1N[C@H](c1ccncc1)[C@@H]1CC=C[C@@H]21. The number of anilines is 1. The minimum atomic E-state index is -0.310. The number of aromatic nitrogens is 1. The number of benzene rings is 1. The van der Waals surface area contributed by atoms with Gasteiger partial charge >= 0.3 is 0 Å². The van der Waals surface area contributed by atoms with Crippen LogP contribution < -0.4 is 5.32 Å². The Balaban J connectivity index is 1.84. The number of allylic oxidation sites excluding steroid dienone is 2. The predicted octanol–water partition coefficient (Wildman–Crippen LogP) is 4.12. The zero-order valence-corrected chi connectivity index (χ0v) is 12.8. The van der Waals surface area contributed by atoms with Crippen LogP contribution in [0.15, 0.2) is 48.8 Å². The molecule has 2 aromatic rings. The second kappa shape index (κ2) is 5.19. The van der Waals surface area contributed by atoms with E-state index in [9.17, 15) is 10.1 Å². The third-order valence-electron chi connectivity index (χ3n) is 4.93. The van der Waals surface area contributed by atoms with Gasteiger partial charge in [0.15, 0.2) is 0 Å². The van der Waals surface area contributed by atoms with Crippen molar-refractivity contribution >= 4 is 11.4 Å². The van der Waals surface area contributed by atoms with Crippen LogP contribution in [0.4, 0.5) is 11.4 Å². The molecule has 0 saturated carbocycles. The molecule has 5 nitrogen and oxygen atoms in total. The first-order valence-electron chi connectivity index (χ1n) is 7.77. The van der Waals surface area contributed by atoms with Crippen LogP contribution in [-0.2, 0) is 0 Å². The van der Waals surface area contributed by atoms with Crippen molar-refractivity contribution in [3.8, 4) is 0 Å². The van der Waals surface area contributed by atoms with Crippen molar-refractivity contribution in [2.75, 3.05) is 5.32 Å². The lowest BCUT2D eigenvalue weighted by Gasteiger charge is -2.38. The number of hydrogen-bond donors (Lipinski definition) is 1. The van der Waals surface area contributed by atoms with Crippen LogP contribution in [-0.4, -0.2) is 9.91 Å². The van der Waals surface area contributed by atoms with Gasteiger partial charge in [-0.25, -0.2) is 0 Å². The number of nitro benzene ring substituents is 1. The van der Waals surface area contributed by atoms with Crippen molar-refractivity contribution in [2.24, 2.45) is 5.92 Å². The van der Waals surface area contributed by atoms with Gasteiger partial charge < -0.3 is 5.32 Å². The summed E-state index contributed by atoms with van der Waals surface area (Å²) in [4.78, 5) is 15.0. The summed E-state index contributed by atoms with van der Waals surface area (Å²) in [5, 5.41) is 14.8. The summed E-state index contributed by atoms with van der Waals surface area (Å²) in [5.41, 5.74) is 4.38. The largest absolute Gasteiger partial charge is 0.377 e. The Morgan fingerprint density at radius 3 is 2.83 bits per heavy atom. The smallest absolute Gasteiger partial charge is 0.270 e. The number of non-ortho nitro benzene ring substituents is 1. The van der Waals surface area contributed by atoms with E-state index in [0.717, 1.165) is 23.2 Å². The average Bonchev–Trinajstić information content (AvgIpc) is 3.04. The van der Waals surface area contributed by atoms with Crippen molar-refractivity contribution < 1.29 is 4.92 Å². The highest BCUT2D eigenvalue weighted by Crippen LogP contribution is 2.51. The fraction of sp³-hybridized carbons (Fsp3) is 0.278. The summed E-state index contributed by atoms with van der Waals surface area (Å²) in [6.07, 6.45) is 8.99. The van der Waals surface area contributed by atoms with Gasteiger partial charge in [0.25, 0.3) is 5.69 Å². The minimum Gasteiger partial charge on any atom is -0.377 e. The second-order valence-corrected chi connectivity index (χ2v) is 6.24. The Morgan fingerprint density at radius 1 is 1.30 bits per heavy atom. The number of nitrogens with one attached hydrogen (secondary N) is 1. The number of aryl methyl sites for hydroxylation is 1. The van der Waals surface area contributed by atoms with Gasteiger partial charge in [0.1, 0.15) is 0 Å². The van der Waals surface area contributed by atoms with Crippen molar-refractivity contribution in [1.82, 2.24) is 4.98 Å². The molecular formula is C18H17N3O2. The first-order valence-corrected chi connectivity index (χ1v) is 7.77. The van der Waals surface area contributed by atoms with Crippen molar-refractivity contribution in [1.29, 1.82) is 0 Å². The number of rotatable bonds is 2. The molecule has 0 amide bonds. The van der Waals surface area contributed by atoms with Crippen molar-refractivity contribution in [2.45, 2.75) is 25.3 Å². The molecule has 1 N–H and O–H groups in total. The topological polar surface area (TPSA) is 68.1 Å². The Morgan fingerprint density at radius 2 is 2.09 bits per heavy atom. The van der Waals surface area contributed by atoms with Gasteiger partial charge in [-0.2, -0.15) is 0 Å². The zero-order valence-electron chi connectivity index (χ0n) is 12.8. The molecule has 0 fully saturated rings. The Bertz CT molecular complexity index is 801. The summed E-state index contributed by atoms with van der Waals surface area (Å²) in [6, 6.07) is 7.66. The van der Waals surface area contributed by atoms with Crippen LogP contribution in [0.3, 0.4) is 0 Å². The lowest BCUT2D eigenvalue weighted by Crippen LogP contribution is -2.29. The van der Waals surface area contributed by atoms with Gasteiger partial charge in [-0.3, -0.25) is 15.1 Å². The molecule has 2 aliphatic rings. The van der Waals surface area contributed by atoms with Crippen LogP contribution in [0.25, 0.3) is 0 Å². The molecule has 3 atom stereocenters. The van der Waals surface area contributed by atoms with Crippen molar-refractivity contribution in [3.63, 3.8) is 0 Å². The van der Waals surface area contributed by atoms with E-state index in [4.69, 9.17) is 0 Å². The van der Waals surface area contributed by atoms with Gasteiger partial charge in [0, 0.05) is 36.1 Å². The van der Waals surface area contributed by atoms with E-state index in [-0.39, 0.29) is 22.6 Å². The highest BCUT2D eigenvalue weighted by atomic mass is 16.6. The maximum Gasteiger partial charge on any atom is 0.270 e. The number of fused-ring (bicyclic) bond motifs is 3. The van der Waals surface area contributed by atoms with Gasteiger partial charge in [-0.1, -0.05) is 12.2 Å². The highest BCUT2D eigenvalue weighted by molar-refractivity contribution is 5.67. The third-order valence-corrected chi connectivity index (χ3v) is 4.93. The van der Waals surface area contributed by atoms with Crippen LogP contribution in [0.1, 0.15) is 35.1 Å². The van der Waals surface area contributed by atoms with Crippen LogP contribution in [0.2, 0.25) is 0 Å². The Kier molecular flexibility index (Phi) is 3.15. The van der Waals surface area contributed by atoms with E-state index in [0.29, 0.717) is 5.92 Å². The molecule has 1 aliphatic carbocycles. The summed E-state index contributed by atoms with van der Waals surface area (Å²) < 4.78 is 0. The Hall–Kier alpha value is -2.69. The molecule has 0 spiro atoms. The molecule has 0 unspecified atom stereocenters. The zero-order chi connectivity index (χ0) is 16.0. The molecular weight excluding hydrogens is 290 g/mol. The molecule has 116 valence electrons. The number of pyridine rings is 1. The van der Waals surface area contributed by atoms with E-state index >= 15 is 0 Å². The standard InChI is InChI=1S/C18H17N3O2/c1-11-9-13(21(22)23)10-16-14-3-2-4-15(14)18(20-17(11)16)12-5-7-19-8-6-12/h2-3,5-10,14-15,18,20H,4H2,1H3/t14-,15-,18-/m1/s1. The van der Waals surface area contributed by atoms with E-state index in [2.05, 4.69) is 22.5 Å². The molecule has 2 heterocycles. The molecule has 0 radical (unpaired) electrons.